The van der Waals surface area contributed by atoms with Crippen molar-refractivity contribution in [1.82, 2.24) is 9.80 Å². The van der Waals surface area contributed by atoms with Crippen LogP contribution in [0, 0.1) is 5.41 Å². The summed E-state index contributed by atoms with van der Waals surface area (Å²) in [6.07, 6.45) is 3.49. The summed E-state index contributed by atoms with van der Waals surface area (Å²) in [7, 11) is 2.21. The molecule has 130 valence electrons. The number of likely N-dealkylation sites (tertiary alicyclic amines) is 1. The molecule has 3 heteroatoms. The van der Waals surface area contributed by atoms with Crippen LogP contribution in [0.15, 0.2) is 54.6 Å². The Balaban J connectivity index is 1.71. The van der Waals surface area contributed by atoms with Crippen molar-refractivity contribution in [3.05, 3.63) is 71.3 Å². The largest absolute Gasteiger partial charge is 0.334 e. The van der Waals surface area contributed by atoms with Gasteiger partial charge in [0.15, 0.2) is 0 Å². The van der Waals surface area contributed by atoms with E-state index < -0.39 is 0 Å². The van der Waals surface area contributed by atoms with Crippen molar-refractivity contribution in [2.24, 2.45) is 5.41 Å². The van der Waals surface area contributed by atoms with Gasteiger partial charge in [0.25, 0.3) is 5.91 Å². The highest BCUT2D eigenvalue weighted by Gasteiger charge is 2.39. The number of amides is 1. The fourth-order valence-corrected chi connectivity index (χ4v) is 4.65. The molecule has 1 fully saturated rings. The highest BCUT2D eigenvalue weighted by molar-refractivity contribution is 5.94. The summed E-state index contributed by atoms with van der Waals surface area (Å²) in [4.78, 5) is 17.7. The third kappa shape index (κ3) is 3.34. The molecule has 0 aliphatic carbocycles. The van der Waals surface area contributed by atoms with Crippen LogP contribution in [0.2, 0.25) is 0 Å². The van der Waals surface area contributed by atoms with Crippen molar-refractivity contribution in [3.63, 3.8) is 0 Å². The van der Waals surface area contributed by atoms with Crippen LogP contribution in [0.5, 0.6) is 0 Å². The highest BCUT2D eigenvalue weighted by atomic mass is 16.2. The van der Waals surface area contributed by atoms with Crippen LogP contribution in [-0.4, -0.2) is 42.4 Å². The van der Waals surface area contributed by atoms with E-state index in [0.29, 0.717) is 0 Å². The average molecular weight is 334 g/mol. The predicted octanol–water partition coefficient (Wildman–Crippen LogP) is 3.60. The normalized spacial score (nSPS) is 24.0. The maximum atomic E-state index is 13.2. The molecule has 0 radical (unpaired) electrons. The minimum atomic E-state index is 0.157. The van der Waals surface area contributed by atoms with Crippen molar-refractivity contribution in [2.75, 3.05) is 26.7 Å². The molecule has 1 unspecified atom stereocenters. The fourth-order valence-electron chi connectivity index (χ4n) is 4.65. The summed E-state index contributed by atoms with van der Waals surface area (Å²) in [5.74, 6) is 0.157. The number of nitrogens with zero attached hydrogens (tertiary/aromatic N) is 2. The van der Waals surface area contributed by atoms with Gasteiger partial charge in [0.1, 0.15) is 0 Å². The molecule has 2 aromatic rings. The molecule has 2 aromatic carbocycles. The van der Waals surface area contributed by atoms with Crippen molar-refractivity contribution in [1.29, 1.82) is 0 Å². The number of rotatable bonds is 1. The van der Waals surface area contributed by atoms with Crippen molar-refractivity contribution in [3.8, 4) is 0 Å². The van der Waals surface area contributed by atoms with Gasteiger partial charge in [-0.3, -0.25) is 4.79 Å². The van der Waals surface area contributed by atoms with E-state index >= 15 is 0 Å². The Hall–Kier alpha value is -2.13. The second-order valence-electron chi connectivity index (χ2n) is 7.81. The lowest BCUT2D eigenvalue weighted by molar-refractivity contribution is 0.0470. The van der Waals surface area contributed by atoms with E-state index in [4.69, 9.17) is 0 Å². The maximum absolute atomic E-state index is 13.2. The lowest BCUT2D eigenvalue weighted by Crippen LogP contribution is -2.49. The number of carbonyl (C=O) groups is 1. The number of fused-ring (bicyclic) bond motifs is 1. The van der Waals surface area contributed by atoms with Gasteiger partial charge in [-0.15, -0.1) is 0 Å². The third-order valence-corrected chi connectivity index (χ3v) is 5.73. The Kier molecular flexibility index (Phi) is 4.34. The Bertz CT molecular complexity index is 758. The minimum absolute atomic E-state index is 0.157. The fraction of sp³-hybridized carbons (Fsp3) is 0.409. The SMILES string of the molecule is CN1CCCC2(Cc3ccccc3CN(C(=O)c3ccccc3)C2)C1. The average Bonchev–Trinajstić information content (AvgIpc) is 2.78. The van der Waals surface area contributed by atoms with Gasteiger partial charge in [-0.2, -0.15) is 0 Å². The first-order valence-corrected chi connectivity index (χ1v) is 9.25. The van der Waals surface area contributed by atoms with Gasteiger partial charge in [0, 0.05) is 30.6 Å². The van der Waals surface area contributed by atoms with Crippen LogP contribution in [0.1, 0.15) is 34.3 Å². The van der Waals surface area contributed by atoms with Gasteiger partial charge in [0.05, 0.1) is 0 Å². The van der Waals surface area contributed by atoms with Crippen LogP contribution in [0.25, 0.3) is 0 Å². The summed E-state index contributed by atoms with van der Waals surface area (Å²) in [6, 6.07) is 18.4. The molecule has 1 saturated heterocycles. The number of carbonyl (C=O) groups excluding carboxylic acids is 1. The van der Waals surface area contributed by atoms with Gasteiger partial charge in [0.2, 0.25) is 0 Å². The smallest absolute Gasteiger partial charge is 0.254 e. The molecule has 1 amide bonds. The van der Waals surface area contributed by atoms with Crippen LogP contribution in [-0.2, 0) is 13.0 Å². The van der Waals surface area contributed by atoms with E-state index in [0.717, 1.165) is 38.2 Å². The van der Waals surface area contributed by atoms with E-state index in [2.05, 4.69) is 41.1 Å². The second kappa shape index (κ2) is 6.64. The Morgan fingerprint density at radius 3 is 2.44 bits per heavy atom. The molecular weight excluding hydrogens is 308 g/mol. The van der Waals surface area contributed by atoms with E-state index in [1.807, 2.05) is 30.3 Å². The quantitative estimate of drug-likeness (QED) is 0.795. The Morgan fingerprint density at radius 1 is 0.960 bits per heavy atom. The zero-order valence-corrected chi connectivity index (χ0v) is 14.9. The summed E-state index contributed by atoms with van der Waals surface area (Å²) in [5.41, 5.74) is 3.68. The van der Waals surface area contributed by atoms with Crippen LogP contribution >= 0.6 is 0 Å². The van der Waals surface area contributed by atoms with E-state index in [-0.39, 0.29) is 11.3 Å². The summed E-state index contributed by atoms with van der Waals surface area (Å²) >= 11 is 0. The maximum Gasteiger partial charge on any atom is 0.254 e. The molecule has 0 bridgehead atoms. The molecule has 1 spiro atoms. The predicted molar refractivity (Wildman–Crippen MR) is 100 cm³/mol. The van der Waals surface area contributed by atoms with Crippen molar-refractivity contribution < 1.29 is 4.79 Å². The van der Waals surface area contributed by atoms with Crippen LogP contribution < -0.4 is 0 Å². The lowest BCUT2D eigenvalue weighted by atomic mass is 9.75. The van der Waals surface area contributed by atoms with Crippen LogP contribution in [0.3, 0.4) is 0 Å². The van der Waals surface area contributed by atoms with Crippen LogP contribution in [0.4, 0.5) is 0 Å². The highest BCUT2D eigenvalue weighted by Crippen LogP contribution is 2.38. The number of hydrogen-bond acceptors (Lipinski definition) is 2. The molecule has 0 N–H and O–H groups in total. The van der Waals surface area contributed by atoms with Gasteiger partial charge in [-0.25, -0.2) is 0 Å². The summed E-state index contributed by atoms with van der Waals surface area (Å²) in [6.45, 7) is 3.80. The second-order valence-corrected chi connectivity index (χ2v) is 7.81. The number of hydrogen-bond donors (Lipinski definition) is 0. The van der Waals surface area contributed by atoms with Crippen molar-refractivity contribution in [2.45, 2.75) is 25.8 Å². The molecule has 2 aliphatic heterocycles. The lowest BCUT2D eigenvalue weighted by Gasteiger charge is -2.43. The monoisotopic (exact) mass is 334 g/mol. The number of piperidine rings is 1. The van der Waals surface area contributed by atoms with E-state index in [1.54, 1.807) is 0 Å². The Labute approximate surface area is 150 Å². The van der Waals surface area contributed by atoms with E-state index in [1.165, 1.54) is 24.0 Å². The topological polar surface area (TPSA) is 23.6 Å². The molecule has 25 heavy (non-hydrogen) atoms. The molecule has 3 nitrogen and oxygen atoms in total. The third-order valence-electron chi connectivity index (χ3n) is 5.73. The molecule has 2 aliphatic rings. The molecule has 4 rings (SSSR count). The molecule has 0 aromatic heterocycles. The first kappa shape index (κ1) is 16.3. The molecule has 1 atom stereocenters. The van der Waals surface area contributed by atoms with Gasteiger partial charge in [-0.1, -0.05) is 42.5 Å². The summed E-state index contributed by atoms with van der Waals surface area (Å²) < 4.78 is 0. The number of benzene rings is 2. The Morgan fingerprint density at radius 2 is 1.68 bits per heavy atom. The van der Waals surface area contributed by atoms with Gasteiger partial charge >= 0.3 is 0 Å². The summed E-state index contributed by atoms with van der Waals surface area (Å²) in [5, 5.41) is 0. The molecule has 0 saturated carbocycles. The first-order chi connectivity index (χ1) is 12.2. The van der Waals surface area contributed by atoms with Gasteiger partial charge in [-0.05, 0) is 56.1 Å². The minimum Gasteiger partial charge on any atom is -0.334 e. The zero-order valence-electron chi connectivity index (χ0n) is 14.9. The standard InChI is InChI=1S/C22H26N2O/c1-23-13-7-12-22(16-23)14-19-10-5-6-11-20(19)15-24(17-22)21(25)18-8-3-2-4-9-18/h2-6,8-11H,7,12-17H2,1H3. The first-order valence-electron chi connectivity index (χ1n) is 9.25. The zero-order chi connectivity index (χ0) is 17.3. The molecule has 2 heterocycles. The molecular formula is C22H26N2O. The van der Waals surface area contributed by atoms with Crippen molar-refractivity contribution >= 4 is 5.91 Å². The van der Waals surface area contributed by atoms with Gasteiger partial charge < -0.3 is 9.80 Å². The van der Waals surface area contributed by atoms with E-state index in [9.17, 15) is 4.79 Å².